The maximum Gasteiger partial charge on any atom is 0.293 e. The number of nitro benzene ring substituents is 1. The molecular weight excluding hydrogens is 837 g/mol. The van der Waals surface area contributed by atoms with Gasteiger partial charge in [-0.1, -0.05) is 37.1 Å². The molecule has 2 aliphatic heterocycles. The molecule has 5 aromatic rings. The number of nitrogens with one attached hydrogen (secondary N) is 2. The van der Waals surface area contributed by atoms with Crippen LogP contribution in [0.3, 0.4) is 0 Å². The van der Waals surface area contributed by atoms with Crippen molar-refractivity contribution in [3.05, 3.63) is 117 Å². The van der Waals surface area contributed by atoms with E-state index in [2.05, 4.69) is 38.3 Å². The second kappa shape index (κ2) is 17.7. The molecule has 1 amide bonds. The number of sulfonamides is 1. The molecule has 3 aliphatic rings. The van der Waals surface area contributed by atoms with Crippen LogP contribution in [0.1, 0.15) is 61.9 Å². The van der Waals surface area contributed by atoms with Crippen LogP contribution < -0.4 is 19.3 Å². The van der Waals surface area contributed by atoms with E-state index in [1.54, 1.807) is 48.5 Å². The van der Waals surface area contributed by atoms with Gasteiger partial charge < -0.3 is 24.3 Å². The summed E-state index contributed by atoms with van der Waals surface area (Å²) in [6, 6.07) is 17.3. The van der Waals surface area contributed by atoms with E-state index in [0.29, 0.717) is 50.5 Å². The molecule has 0 spiro atoms. The quantitative estimate of drug-likeness (QED) is 0.0912. The number of aromatic amines is 1. The topological polar surface area (TPSA) is 163 Å². The molecule has 2 N–H and O–H groups in total. The number of nitrogens with zero attached hydrogens (tertiary/aromatic N) is 5. The summed E-state index contributed by atoms with van der Waals surface area (Å²) in [4.78, 5) is 38.9. The number of rotatable bonds is 12. The first-order chi connectivity index (χ1) is 29.6. The number of pyridine rings is 1. The van der Waals surface area contributed by atoms with Crippen LogP contribution in [0, 0.1) is 21.3 Å². The number of hydrogen-bond acceptors (Lipinski definition) is 11. The lowest BCUT2D eigenvalue weighted by Crippen LogP contribution is -2.47. The minimum Gasteiger partial charge on any atom is -0.455 e. The number of H-pyrrole nitrogens is 1. The van der Waals surface area contributed by atoms with Gasteiger partial charge in [0.2, 0.25) is 0 Å². The summed E-state index contributed by atoms with van der Waals surface area (Å²) < 4.78 is 55.9. The van der Waals surface area contributed by atoms with E-state index in [-0.39, 0.29) is 33.5 Å². The number of nitro groups is 1. The van der Waals surface area contributed by atoms with Gasteiger partial charge in [0.25, 0.3) is 21.6 Å². The Bertz CT molecular complexity index is 2660. The number of carbonyl (C=O) groups is 1. The maximum absolute atomic E-state index is 14.6. The number of piperazine rings is 1. The van der Waals surface area contributed by atoms with E-state index in [1.165, 1.54) is 35.5 Å². The van der Waals surface area contributed by atoms with E-state index in [1.807, 2.05) is 12.1 Å². The van der Waals surface area contributed by atoms with E-state index in [4.69, 9.17) is 21.1 Å². The van der Waals surface area contributed by atoms with E-state index in [0.717, 1.165) is 61.6 Å². The van der Waals surface area contributed by atoms with Crippen LogP contribution in [0.5, 0.6) is 11.5 Å². The minimum absolute atomic E-state index is 0.0165. The number of ether oxygens (including phenoxy) is 2. The molecule has 14 nitrogen and oxygen atoms in total. The third-order valence-corrected chi connectivity index (χ3v) is 13.9. The van der Waals surface area contributed by atoms with Crippen LogP contribution in [0.15, 0.2) is 89.6 Å². The zero-order chi connectivity index (χ0) is 43.8. The third-order valence-electron chi connectivity index (χ3n) is 12.2. The van der Waals surface area contributed by atoms with Crippen molar-refractivity contribution in [1.82, 2.24) is 19.6 Å². The first-order valence-corrected chi connectivity index (χ1v) is 22.5. The number of allylic oxidation sites excluding steroid dienone is 1. The van der Waals surface area contributed by atoms with Crippen molar-refractivity contribution in [2.24, 2.45) is 5.41 Å². The van der Waals surface area contributed by atoms with Gasteiger partial charge in [-0.15, -0.1) is 0 Å². The Hall–Kier alpha value is -5.55. The highest BCUT2D eigenvalue weighted by molar-refractivity contribution is 7.90. The van der Waals surface area contributed by atoms with Crippen molar-refractivity contribution in [3.63, 3.8) is 0 Å². The molecule has 0 radical (unpaired) electrons. The summed E-state index contributed by atoms with van der Waals surface area (Å²) in [6.45, 7) is 9.13. The summed E-state index contributed by atoms with van der Waals surface area (Å²) in [5.41, 5.74) is 4.68. The SMILES string of the molecule is CN(c1ccc(S(=O)(=O)NC(=O)c2ccc(N3CCN(CC4=C(c5ccc(Cl)c(F)c5)CC(C)(C)CC4)CC3)cc2Oc2cnc3[nH]ccc3c2)cc1[N+](=O)[O-])C1CCOCC1. The molecule has 0 unspecified atom stereocenters. The van der Waals surface area contributed by atoms with Crippen LogP contribution >= 0.6 is 11.6 Å². The molecule has 1 aliphatic carbocycles. The fraction of sp³-hybridized carbons (Fsp3) is 0.378. The van der Waals surface area contributed by atoms with Gasteiger partial charge in [0.05, 0.1) is 26.6 Å². The Kier molecular flexibility index (Phi) is 12.3. The predicted octanol–water partition coefficient (Wildman–Crippen LogP) is 8.58. The average Bonchev–Trinajstić information content (AvgIpc) is 3.73. The molecule has 2 saturated heterocycles. The number of amides is 1. The van der Waals surface area contributed by atoms with Gasteiger partial charge in [-0.3, -0.25) is 19.8 Å². The Morgan fingerprint density at radius 2 is 1.85 bits per heavy atom. The number of halogens is 2. The average molecular weight is 886 g/mol. The molecule has 8 rings (SSSR count). The molecule has 0 atom stereocenters. The lowest BCUT2D eigenvalue weighted by molar-refractivity contribution is -0.384. The Morgan fingerprint density at radius 1 is 1.08 bits per heavy atom. The smallest absolute Gasteiger partial charge is 0.293 e. The van der Waals surface area contributed by atoms with Gasteiger partial charge in [0.15, 0.2) is 0 Å². The molecule has 62 heavy (non-hydrogen) atoms. The van der Waals surface area contributed by atoms with Gasteiger partial charge in [0.1, 0.15) is 28.7 Å². The standard InChI is InChI=1S/C45H49ClFN7O7S/c1-45(2)14-10-31(37(26-45)29-4-8-38(46)39(47)23-29)28-52-16-18-53(19-17-52)33-5-7-36(42(24-33)61-34-22-30-11-15-48-43(30)49-27-34)44(55)50-62(58,59)35-6-9-40(41(25-35)54(56)57)51(3)32-12-20-60-21-13-32/h4-9,11,15,22-25,27,32H,10,12-14,16-21,26,28H2,1-3H3,(H,48,49)(H,50,55). The second-order valence-corrected chi connectivity index (χ2v) is 19.1. The van der Waals surface area contributed by atoms with Crippen LogP contribution in [0.25, 0.3) is 16.6 Å². The van der Waals surface area contributed by atoms with Crippen molar-refractivity contribution in [2.75, 3.05) is 62.8 Å². The summed E-state index contributed by atoms with van der Waals surface area (Å²) in [5.74, 6) is -0.966. The normalized spacial score (nSPS) is 17.6. The van der Waals surface area contributed by atoms with Crippen molar-refractivity contribution in [1.29, 1.82) is 0 Å². The van der Waals surface area contributed by atoms with Crippen LogP contribution in [0.2, 0.25) is 5.02 Å². The maximum atomic E-state index is 14.6. The molecule has 3 aromatic carbocycles. The van der Waals surface area contributed by atoms with Crippen LogP contribution in [-0.2, 0) is 14.8 Å². The van der Waals surface area contributed by atoms with Crippen molar-refractivity contribution in [3.8, 4) is 11.5 Å². The third kappa shape index (κ3) is 9.43. The minimum atomic E-state index is -4.58. The number of aromatic nitrogens is 2. The summed E-state index contributed by atoms with van der Waals surface area (Å²) in [7, 11) is -2.84. The highest BCUT2D eigenvalue weighted by atomic mass is 35.5. The molecule has 17 heteroatoms. The summed E-state index contributed by atoms with van der Waals surface area (Å²) >= 11 is 6.03. The lowest BCUT2D eigenvalue weighted by atomic mass is 9.72. The van der Waals surface area contributed by atoms with Gasteiger partial charge >= 0.3 is 0 Å². The first kappa shape index (κ1) is 43.1. The molecular formula is C45H49ClFN7O7S. The number of benzene rings is 3. The Balaban J connectivity index is 1.02. The monoisotopic (exact) mass is 885 g/mol. The van der Waals surface area contributed by atoms with E-state index >= 15 is 0 Å². The largest absolute Gasteiger partial charge is 0.455 e. The van der Waals surface area contributed by atoms with E-state index < -0.39 is 37.3 Å². The molecule has 0 saturated carbocycles. The van der Waals surface area contributed by atoms with Gasteiger partial charge in [-0.25, -0.2) is 22.5 Å². The van der Waals surface area contributed by atoms with Crippen molar-refractivity contribution < 1.29 is 32.0 Å². The number of anilines is 2. The fourth-order valence-electron chi connectivity index (χ4n) is 8.63. The fourth-order valence-corrected chi connectivity index (χ4v) is 9.74. The Labute approximate surface area is 364 Å². The van der Waals surface area contributed by atoms with Gasteiger partial charge in [0, 0.05) is 88.4 Å². The molecule has 2 fully saturated rings. The molecule has 4 heterocycles. The number of hydrogen-bond donors (Lipinski definition) is 2. The highest BCUT2D eigenvalue weighted by Gasteiger charge is 2.32. The van der Waals surface area contributed by atoms with Crippen LogP contribution in [0.4, 0.5) is 21.5 Å². The zero-order valence-electron chi connectivity index (χ0n) is 34.8. The Morgan fingerprint density at radius 3 is 2.60 bits per heavy atom. The predicted molar refractivity (Wildman–Crippen MR) is 237 cm³/mol. The molecule has 326 valence electrons. The molecule has 0 bridgehead atoms. The van der Waals surface area contributed by atoms with Crippen LogP contribution in [-0.4, -0.2) is 93.1 Å². The van der Waals surface area contributed by atoms with Gasteiger partial charge in [-0.05, 0) is 97.2 Å². The second-order valence-electron chi connectivity index (χ2n) is 17.0. The summed E-state index contributed by atoms with van der Waals surface area (Å²) in [6.07, 6.45) is 7.41. The first-order valence-electron chi connectivity index (χ1n) is 20.7. The van der Waals surface area contributed by atoms with Crippen molar-refractivity contribution in [2.45, 2.75) is 56.9 Å². The lowest BCUT2D eigenvalue weighted by Gasteiger charge is -2.39. The number of carbonyl (C=O) groups excluding carboxylic acids is 1. The highest BCUT2D eigenvalue weighted by Crippen LogP contribution is 2.44. The van der Waals surface area contributed by atoms with Crippen molar-refractivity contribution >= 4 is 61.2 Å². The van der Waals surface area contributed by atoms with Gasteiger partial charge in [-0.2, -0.15) is 0 Å². The molecule has 2 aromatic heterocycles. The van der Waals surface area contributed by atoms with E-state index in [9.17, 15) is 27.7 Å². The zero-order valence-corrected chi connectivity index (χ0v) is 36.4. The summed E-state index contributed by atoms with van der Waals surface area (Å²) in [5, 5.41) is 13.1. The number of fused-ring (bicyclic) bond motifs is 1.